The van der Waals surface area contributed by atoms with Crippen molar-refractivity contribution in [2.24, 2.45) is 0 Å². The molecule has 0 atom stereocenters. The van der Waals surface area contributed by atoms with Crippen LogP contribution in [0.1, 0.15) is 16.1 Å². The zero-order valence-electron chi connectivity index (χ0n) is 16.4. The molecule has 1 amide bonds. The van der Waals surface area contributed by atoms with Gasteiger partial charge in [-0.3, -0.25) is 9.69 Å². The van der Waals surface area contributed by atoms with Crippen LogP contribution in [0.15, 0.2) is 65.3 Å². The number of hydrogen-bond acceptors (Lipinski definition) is 4. The summed E-state index contributed by atoms with van der Waals surface area (Å²) in [4.78, 5) is 16.7. The van der Waals surface area contributed by atoms with Crippen LogP contribution in [0.5, 0.6) is 5.75 Å². The Morgan fingerprint density at radius 3 is 2.50 bits per heavy atom. The number of piperazine rings is 1. The summed E-state index contributed by atoms with van der Waals surface area (Å²) in [7, 11) is 0. The second-order valence-electron chi connectivity index (χ2n) is 7.13. The number of halogens is 2. The van der Waals surface area contributed by atoms with Crippen molar-refractivity contribution in [2.75, 3.05) is 26.2 Å². The average Bonchev–Trinajstić information content (AvgIpc) is 3.24. The summed E-state index contributed by atoms with van der Waals surface area (Å²) >= 11 is 3.39. The highest BCUT2D eigenvalue weighted by atomic mass is 79.9. The summed E-state index contributed by atoms with van der Waals surface area (Å²) < 4.78 is 22.1. The van der Waals surface area contributed by atoms with Crippen molar-refractivity contribution in [3.63, 3.8) is 0 Å². The Bertz CT molecular complexity index is 1000. The highest BCUT2D eigenvalue weighted by molar-refractivity contribution is 9.10. The number of carbonyl (C=O) groups is 1. The van der Waals surface area contributed by atoms with E-state index in [2.05, 4.69) is 25.9 Å². The predicted molar refractivity (Wildman–Crippen MR) is 115 cm³/mol. The first-order valence-corrected chi connectivity index (χ1v) is 10.5. The first-order chi connectivity index (χ1) is 14.6. The van der Waals surface area contributed by atoms with Gasteiger partial charge in [0.2, 0.25) is 0 Å². The van der Waals surface area contributed by atoms with Gasteiger partial charge in [0, 0.05) is 49.0 Å². The van der Waals surface area contributed by atoms with E-state index in [1.807, 2.05) is 30.3 Å². The molecule has 0 saturated carbocycles. The number of carbonyl (C=O) groups excluding carboxylic acids is 1. The molecule has 6 nitrogen and oxygen atoms in total. The zero-order chi connectivity index (χ0) is 20.9. The molecular formula is C22H22BrFN4O2. The molecule has 8 heteroatoms. The first kappa shape index (κ1) is 20.6. The molecule has 1 saturated heterocycles. The van der Waals surface area contributed by atoms with Crippen molar-refractivity contribution < 1.29 is 13.9 Å². The lowest BCUT2D eigenvalue weighted by molar-refractivity contribution is 0.0619. The molecule has 0 N–H and O–H groups in total. The van der Waals surface area contributed by atoms with E-state index in [1.54, 1.807) is 34.0 Å². The van der Waals surface area contributed by atoms with Gasteiger partial charge in [-0.2, -0.15) is 5.10 Å². The van der Waals surface area contributed by atoms with Crippen LogP contribution in [0.25, 0.3) is 0 Å². The maximum Gasteiger partial charge on any atom is 0.274 e. The maximum atomic E-state index is 13.8. The minimum absolute atomic E-state index is 0.0945. The van der Waals surface area contributed by atoms with E-state index in [1.165, 1.54) is 6.07 Å². The molecule has 0 aliphatic carbocycles. The standard InChI is InChI=1S/C22H22BrFN4O2/c23-18-5-7-19(8-6-18)30-16-28-10-9-21(25-28)22(29)27-13-11-26(12-14-27)15-17-3-1-2-4-20(17)24/h1-10H,11-16H2. The van der Waals surface area contributed by atoms with Gasteiger partial charge in [-0.1, -0.05) is 34.1 Å². The molecule has 30 heavy (non-hydrogen) atoms. The van der Waals surface area contributed by atoms with Crippen LogP contribution in [-0.4, -0.2) is 51.7 Å². The van der Waals surface area contributed by atoms with Gasteiger partial charge < -0.3 is 9.64 Å². The summed E-state index contributed by atoms with van der Waals surface area (Å²) in [6, 6.07) is 16.0. The quantitative estimate of drug-likeness (QED) is 0.547. The lowest BCUT2D eigenvalue weighted by atomic mass is 10.2. The fourth-order valence-corrected chi connectivity index (χ4v) is 3.62. The van der Waals surface area contributed by atoms with Gasteiger partial charge in [0.1, 0.15) is 11.6 Å². The molecule has 2 aromatic carbocycles. The van der Waals surface area contributed by atoms with E-state index in [9.17, 15) is 9.18 Å². The molecule has 0 spiro atoms. The van der Waals surface area contributed by atoms with Crippen LogP contribution in [0.3, 0.4) is 0 Å². The minimum Gasteiger partial charge on any atom is -0.471 e. The van der Waals surface area contributed by atoms with Crippen LogP contribution < -0.4 is 4.74 Å². The van der Waals surface area contributed by atoms with E-state index in [4.69, 9.17) is 4.74 Å². The molecule has 156 valence electrons. The number of nitrogens with zero attached hydrogens (tertiary/aromatic N) is 4. The molecule has 1 aromatic heterocycles. The Labute approximate surface area is 183 Å². The molecule has 0 radical (unpaired) electrons. The fraction of sp³-hybridized carbons (Fsp3) is 0.273. The summed E-state index contributed by atoms with van der Waals surface area (Å²) in [5, 5.41) is 4.34. The van der Waals surface area contributed by atoms with Crippen molar-refractivity contribution in [3.8, 4) is 5.75 Å². The van der Waals surface area contributed by atoms with Crippen LogP contribution in [0.2, 0.25) is 0 Å². The SMILES string of the molecule is O=C(c1ccn(COc2ccc(Br)cc2)n1)N1CCN(Cc2ccccc2F)CC1. The molecule has 1 aliphatic rings. The highest BCUT2D eigenvalue weighted by Crippen LogP contribution is 2.17. The number of aromatic nitrogens is 2. The Kier molecular flexibility index (Phi) is 6.44. The molecule has 4 rings (SSSR count). The third-order valence-corrected chi connectivity index (χ3v) is 5.58. The van der Waals surface area contributed by atoms with Crippen molar-refractivity contribution in [1.82, 2.24) is 19.6 Å². The van der Waals surface area contributed by atoms with Gasteiger partial charge >= 0.3 is 0 Å². The Hall–Kier alpha value is -2.71. The molecule has 0 bridgehead atoms. The normalized spacial score (nSPS) is 14.7. The minimum atomic E-state index is -0.188. The van der Waals surface area contributed by atoms with Crippen molar-refractivity contribution in [3.05, 3.63) is 82.3 Å². The number of rotatable bonds is 6. The molecule has 3 aromatic rings. The van der Waals surface area contributed by atoms with Gasteiger partial charge in [0.25, 0.3) is 5.91 Å². The van der Waals surface area contributed by atoms with Gasteiger partial charge in [-0.25, -0.2) is 9.07 Å². The number of amides is 1. The van der Waals surface area contributed by atoms with Crippen molar-refractivity contribution in [2.45, 2.75) is 13.3 Å². The van der Waals surface area contributed by atoms with Crippen molar-refractivity contribution in [1.29, 1.82) is 0 Å². The maximum absolute atomic E-state index is 13.8. The van der Waals surface area contributed by atoms with Crippen LogP contribution >= 0.6 is 15.9 Å². The molecule has 1 fully saturated rings. The summed E-state index contributed by atoms with van der Waals surface area (Å²) in [6.45, 7) is 3.37. The number of ether oxygens (including phenoxy) is 1. The van der Waals surface area contributed by atoms with Gasteiger partial charge in [0.15, 0.2) is 12.4 Å². The summed E-state index contributed by atoms with van der Waals surface area (Å²) in [5.74, 6) is 0.447. The van der Waals surface area contributed by atoms with Gasteiger partial charge in [-0.05, 0) is 36.4 Å². The van der Waals surface area contributed by atoms with Crippen LogP contribution in [-0.2, 0) is 13.3 Å². The van der Waals surface area contributed by atoms with E-state index < -0.39 is 0 Å². The Morgan fingerprint density at radius 2 is 1.77 bits per heavy atom. The Balaban J connectivity index is 1.28. The average molecular weight is 473 g/mol. The van der Waals surface area contributed by atoms with Gasteiger partial charge in [0.05, 0.1) is 0 Å². The topological polar surface area (TPSA) is 50.6 Å². The van der Waals surface area contributed by atoms with E-state index >= 15 is 0 Å². The van der Waals surface area contributed by atoms with E-state index in [0.29, 0.717) is 44.0 Å². The third-order valence-electron chi connectivity index (χ3n) is 5.05. The number of benzene rings is 2. The van der Waals surface area contributed by atoms with Crippen LogP contribution in [0.4, 0.5) is 4.39 Å². The lowest BCUT2D eigenvalue weighted by Gasteiger charge is -2.34. The van der Waals surface area contributed by atoms with Gasteiger partial charge in [-0.15, -0.1) is 0 Å². The molecule has 2 heterocycles. The van der Waals surface area contributed by atoms with E-state index in [0.717, 1.165) is 10.2 Å². The monoisotopic (exact) mass is 472 g/mol. The first-order valence-electron chi connectivity index (χ1n) is 9.75. The lowest BCUT2D eigenvalue weighted by Crippen LogP contribution is -2.48. The molecular weight excluding hydrogens is 451 g/mol. The van der Waals surface area contributed by atoms with Crippen molar-refractivity contribution >= 4 is 21.8 Å². The second kappa shape index (κ2) is 9.40. The smallest absolute Gasteiger partial charge is 0.274 e. The Morgan fingerprint density at radius 1 is 1.03 bits per heavy atom. The molecule has 1 aliphatic heterocycles. The van der Waals surface area contributed by atoms with Crippen LogP contribution in [0, 0.1) is 5.82 Å². The van der Waals surface area contributed by atoms with E-state index in [-0.39, 0.29) is 18.5 Å². The predicted octanol–water partition coefficient (Wildman–Crippen LogP) is 3.78. The largest absolute Gasteiger partial charge is 0.471 e. The number of hydrogen-bond donors (Lipinski definition) is 0. The zero-order valence-corrected chi connectivity index (χ0v) is 18.0. The molecule has 0 unspecified atom stereocenters. The fourth-order valence-electron chi connectivity index (χ4n) is 3.36. The second-order valence-corrected chi connectivity index (χ2v) is 8.04. The highest BCUT2D eigenvalue weighted by Gasteiger charge is 2.24. The summed E-state index contributed by atoms with van der Waals surface area (Å²) in [5.41, 5.74) is 1.08. The third kappa shape index (κ3) is 5.06. The summed E-state index contributed by atoms with van der Waals surface area (Å²) in [6.07, 6.45) is 1.74.